The first kappa shape index (κ1) is 17.9. The Hall–Kier alpha value is -2.50. The summed E-state index contributed by atoms with van der Waals surface area (Å²) < 4.78 is 11.1. The van der Waals surface area contributed by atoms with Gasteiger partial charge < -0.3 is 14.3 Å². The minimum Gasteiger partial charge on any atom is -0.496 e. The van der Waals surface area contributed by atoms with Crippen molar-refractivity contribution in [1.29, 1.82) is 0 Å². The predicted octanol–water partition coefficient (Wildman–Crippen LogP) is 5.45. The van der Waals surface area contributed by atoms with Crippen LogP contribution in [-0.4, -0.2) is 17.9 Å². The molecule has 1 atom stereocenters. The van der Waals surface area contributed by atoms with E-state index >= 15 is 0 Å². The van der Waals surface area contributed by atoms with Gasteiger partial charge in [0, 0.05) is 22.1 Å². The van der Waals surface area contributed by atoms with E-state index in [9.17, 15) is 5.11 Å². The van der Waals surface area contributed by atoms with E-state index in [4.69, 9.17) is 14.1 Å². The molecule has 1 aromatic heterocycles. The third-order valence-electron chi connectivity index (χ3n) is 4.69. The van der Waals surface area contributed by atoms with Crippen LogP contribution >= 0.6 is 11.8 Å². The highest BCUT2D eigenvalue weighted by Gasteiger charge is 2.25. The number of aliphatic imine (C=N–C) groups is 1. The molecule has 3 aromatic rings. The fourth-order valence-corrected chi connectivity index (χ4v) is 4.68. The first-order chi connectivity index (χ1) is 13.2. The van der Waals surface area contributed by atoms with Crippen LogP contribution in [0.5, 0.6) is 5.75 Å². The molecule has 27 heavy (non-hydrogen) atoms. The lowest BCUT2D eigenvalue weighted by atomic mass is 9.99. The number of para-hydroxylation sites is 1. The number of ether oxygens (including phenoxy) is 1. The number of aryl methyl sites for hydroxylation is 1. The lowest BCUT2D eigenvalue weighted by Crippen LogP contribution is -2.06. The third kappa shape index (κ3) is 3.53. The zero-order valence-corrected chi connectivity index (χ0v) is 16.1. The summed E-state index contributed by atoms with van der Waals surface area (Å²) in [6.45, 7) is 1.96. The van der Waals surface area contributed by atoms with Crippen molar-refractivity contribution in [1.82, 2.24) is 0 Å². The second-order valence-electron chi connectivity index (χ2n) is 6.50. The lowest BCUT2D eigenvalue weighted by molar-refractivity contribution is 0.273. The predicted molar refractivity (Wildman–Crippen MR) is 108 cm³/mol. The maximum absolute atomic E-state index is 9.79. The molecule has 1 aliphatic rings. The standard InChI is InChI=1S/C22H21NO3S/c1-14-10-15(11-16(13-24)22(14)25-2)21-12-18(19-7-5-9-26-19)23-17-6-3-4-8-20(17)27-21/h3-11,21,24H,12-13H2,1-2H3. The molecule has 1 N–H and O–H groups in total. The topological polar surface area (TPSA) is 55.0 Å². The molecule has 0 radical (unpaired) electrons. The van der Waals surface area contributed by atoms with Crippen molar-refractivity contribution in [2.24, 2.45) is 4.99 Å². The van der Waals surface area contributed by atoms with E-state index in [1.54, 1.807) is 25.1 Å². The summed E-state index contributed by atoms with van der Waals surface area (Å²) in [7, 11) is 1.64. The Morgan fingerprint density at radius 1 is 1.22 bits per heavy atom. The minimum atomic E-state index is -0.0506. The third-order valence-corrected chi connectivity index (χ3v) is 6.02. The second-order valence-corrected chi connectivity index (χ2v) is 7.75. The Morgan fingerprint density at radius 2 is 2.07 bits per heavy atom. The van der Waals surface area contributed by atoms with Gasteiger partial charge in [-0.3, -0.25) is 0 Å². The number of hydrogen-bond donors (Lipinski definition) is 1. The quantitative estimate of drug-likeness (QED) is 0.655. The molecule has 5 heteroatoms. The molecule has 1 aliphatic heterocycles. The van der Waals surface area contributed by atoms with E-state index in [-0.39, 0.29) is 11.9 Å². The van der Waals surface area contributed by atoms with Crippen molar-refractivity contribution in [2.45, 2.75) is 30.1 Å². The fourth-order valence-electron chi connectivity index (χ4n) is 3.47. The summed E-state index contributed by atoms with van der Waals surface area (Å²) in [6, 6.07) is 16.2. The number of aliphatic hydroxyl groups excluding tert-OH is 1. The summed E-state index contributed by atoms with van der Waals surface area (Å²) >= 11 is 1.79. The maximum atomic E-state index is 9.79. The highest BCUT2D eigenvalue weighted by Crippen LogP contribution is 2.46. The van der Waals surface area contributed by atoms with Crippen LogP contribution in [0.4, 0.5) is 5.69 Å². The van der Waals surface area contributed by atoms with Crippen LogP contribution in [0.2, 0.25) is 0 Å². The van der Waals surface area contributed by atoms with E-state index in [0.717, 1.165) is 50.9 Å². The Bertz CT molecular complexity index is 979. The molecular weight excluding hydrogens is 358 g/mol. The first-order valence-corrected chi connectivity index (χ1v) is 9.73. The van der Waals surface area contributed by atoms with Gasteiger partial charge >= 0.3 is 0 Å². The first-order valence-electron chi connectivity index (χ1n) is 8.85. The average molecular weight is 379 g/mol. The molecule has 2 aromatic carbocycles. The summed E-state index contributed by atoms with van der Waals surface area (Å²) in [5.74, 6) is 1.55. The maximum Gasteiger partial charge on any atom is 0.148 e. The van der Waals surface area contributed by atoms with Crippen LogP contribution in [0.3, 0.4) is 0 Å². The number of hydrogen-bond acceptors (Lipinski definition) is 5. The molecule has 0 aliphatic carbocycles. The molecule has 0 fully saturated rings. The number of rotatable bonds is 4. The number of benzene rings is 2. The second kappa shape index (κ2) is 7.62. The fraction of sp³-hybridized carbons (Fsp3) is 0.227. The Labute approximate surface area is 162 Å². The van der Waals surface area contributed by atoms with Crippen molar-refractivity contribution >= 4 is 23.2 Å². The van der Waals surface area contributed by atoms with Gasteiger partial charge in [0.1, 0.15) is 11.5 Å². The van der Waals surface area contributed by atoms with Gasteiger partial charge in [0.15, 0.2) is 0 Å². The van der Waals surface area contributed by atoms with E-state index in [1.807, 2.05) is 43.3 Å². The molecule has 0 spiro atoms. The SMILES string of the molecule is COc1c(C)cc(C2CC(c3ccco3)=Nc3ccccc3S2)cc1CO. The molecule has 0 saturated heterocycles. The molecule has 4 rings (SSSR count). The van der Waals surface area contributed by atoms with Gasteiger partial charge in [-0.2, -0.15) is 0 Å². The molecule has 0 bridgehead atoms. The summed E-state index contributed by atoms with van der Waals surface area (Å²) in [5, 5.41) is 9.95. The summed E-state index contributed by atoms with van der Waals surface area (Å²) in [6.07, 6.45) is 2.42. The van der Waals surface area contributed by atoms with Crippen molar-refractivity contribution in [3.8, 4) is 5.75 Å². The number of nitrogens with zero attached hydrogens (tertiary/aromatic N) is 1. The molecule has 2 heterocycles. The summed E-state index contributed by atoms with van der Waals surface area (Å²) in [5.41, 5.74) is 4.87. The molecular formula is C22H21NO3S. The number of fused-ring (bicyclic) bond motifs is 1. The van der Waals surface area contributed by atoms with Gasteiger partial charge in [0.2, 0.25) is 0 Å². The van der Waals surface area contributed by atoms with Crippen molar-refractivity contribution in [2.75, 3.05) is 7.11 Å². The van der Waals surface area contributed by atoms with Crippen molar-refractivity contribution in [3.63, 3.8) is 0 Å². The van der Waals surface area contributed by atoms with Gasteiger partial charge in [-0.25, -0.2) is 4.99 Å². The highest BCUT2D eigenvalue weighted by molar-refractivity contribution is 7.99. The van der Waals surface area contributed by atoms with Gasteiger partial charge in [0.05, 0.1) is 31.4 Å². The van der Waals surface area contributed by atoms with Crippen LogP contribution in [0.25, 0.3) is 0 Å². The van der Waals surface area contributed by atoms with Gasteiger partial charge in [0.25, 0.3) is 0 Å². The van der Waals surface area contributed by atoms with E-state index < -0.39 is 0 Å². The largest absolute Gasteiger partial charge is 0.496 e. The minimum absolute atomic E-state index is 0.0506. The van der Waals surface area contributed by atoms with Crippen LogP contribution < -0.4 is 4.74 Å². The van der Waals surface area contributed by atoms with Gasteiger partial charge in [-0.15, -0.1) is 11.8 Å². The summed E-state index contributed by atoms with van der Waals surface area (Å²) in [4.78, 5) is 6.03. The van der Waals surface area contributed by atoms with E-state index in [0.29, 0.717) is 0 Å². The molecule has 0 saturated carbocycles. The van der Waals surface area contributed by atoms with Crippen LogP contribution in [0, 0.1) is 6.92 Å². The smallest absolute Gasteiger partial charge is 0.148 e. The number of aliphatic hydroxyl groups is 1. The van der Waals surface area contributed by atoms with Crippen LogP contribution in [0.1, 0.15) is 34.1 Å². The molecule has 0 amide bonds. The normalized spacial score (nSPS) is 16.4. The zero-order chi connectivity index (χ0) is 18.8. The Balaban J connectivity index is 1.80. The zero-order valence-electron chi connectivity index (χ0n) is 15.3. The number of methoxy groups -OCH3 is 1. The number of furan rings is 1. The lowest BCUT2D eigenvalue weighted by Gasteiger charge is -2.19. The van der Waals surface area contributed by atoms with Gasteiger partial charge in [-0.1, -0.05) is 18.2 Å². The average Bonchev–Trinajstić information content (AvgIpc) is 3.15. The number of thioether (sulfide) groups is 1. The molecule has 4 nitrogen and oxygen atoms in total. The molecule has 1 unspecified atom stereocenters. The van der Waals surface area contributed by atoms with Crippen molar-refractivity contribution in [3.05, 3.63) is 77.2 Å². The van der Waals surface area contributed by atoms with E-state index in [1.165, 1.54) is 0 Å². The molecule has 138 valence electrons. The Kier molecular flexibility index (Phi) is 5.05. The highest BCUT2D eigenvalue weighted by atomic mass is 32.2. The monoisotopic (exact) mass is 379 g/mol. The van der Waals surface area contributed by atoms with Crippen molar-refractivity contribution < 1.29 is 14.3 Å². The van der Waals surface area contributed by atoms with E-state index in [2.05, 4.69) is 12.1 Å². The van der Waals surface area contributed by atoms with Crippen LogP contribution in [0.15, 0.2) is 69.1 Å². The Morgan fingerprint density at radius 3 is 2.81 bits per heavy atom. The van der Waals surface area contributed by atoms with Crippen LogP contribution in [-0.2, 0) is 6.61 Å². The van der Waals surface area contributed by atoms with Gasteiger partial charge in [-0.05, 0) is 48.4 Å².